The molecule has 1 aromatic carbocycles. The highest BCUT2D eigenvalue weighted by Gasteiger charge is 2.25. The fourth-order valence-corrected chi connectivity index (χ4v) is 3.59. The fraction of sp³-hybridized carbons (Fsp3) is 0.333. The minimum Gasteiger partial charge on any atom is -0.445 e. The van der Waals surface area contributed by atoms with Gasteiger partial charge in [-0.05, 0) is 43.0 Å². The Hall–Kier alpha value is -2.82. The molecule has 0 saturated carbocycles. The van der Waals surface area contributed by atoms with E-state index in [0.29, 0.717) is 25.7 Å². The summed E-state index contributed by atoms with van der Waals surface area (Å²) in [5.41, 5.74) is 3.21. The molecule has 3 aromatic rings. The van der Waals surface area contributed by atoms with E-state index in [1.165, 1.54) is 10.9 Å². The number of ether oxygens (including phenoxy) is 1. The van der Waals surface area contributed by atoms with Gasteiger partial charge in [0.1, 0.15) is 12.3 Å². The molecule has 0 N–H and O–H groups in total. The summed E-state index contributed by atoms with van der Waals surface area (Å²) in [5, 5.41) is 1.18. The summed E-state index contributed by atoms with van der Waals surface area (Å²) >= 11 is 0. The first-order valence-electron chi connectivity index (χ1n) is 9.09. The molecule has 5 nitrogen and oxygen atoms in total. The molecule has 0 atom stereocenters. The molecular formula is C21H23N3O2. The first-order valence-corrected chi connectivity index (χ1v) is 9.09. The first kappa shape index (κ1) is 16.6. The predicted molar refractivity (Wildman–Crippen MR) is 101 cm³/mol. The van der Waals surface area contributed by atoms with Crippen LogP contribution < -0.4 is 0 Å². The Morgan fingerprint density at radius 2 is 1.96 bits per heavy atom. The van der Waals surface area contributed by atoms with Crippen LogP contribution in [0.3, 0.4) is 0 Å². The maximum absolute atomic E-state index is 12.3. The molecule has 134 valence electrons. The third-order valence-electron chi connectivity index (χ3n) is 5.01. The van der Waals surface area contributed by atoms with Crippen molar-refractivity contribution < 1.29 is 9.53 Å². The molecule has 1 amide bonds. The molecule has 4 rings (SSSR count). The van der Waals surface area contributed by atoms with Crippen molar-refractivity contribution in [3.63, 3.8) is 0 Å². The number of piperidine rings is 1. The number of rotatable bonds is 3. The van der Waals surface area contributed by atoms with E-state index in [1.54, 1.807) is 0 Å². The van der Waals surface area contributed by atoms with Crippen LogP contribution in [0.15, 0.2) is 54.9 Å². The van der Waals surface area contributed by atoms with Gasteiger partial charge >= 0.3 is 6.09 Å². The Balaban J connectivity index is 1.35. The van der Waals surface area contributed by atoms with Crippen LogP contribution in [0.25, 0.3) is 11.0 Å². The van der Waals surface area contributed by atoms with Gasteiger partial charge in [-0.15, -0.1) is 0 Å². The number of carbonyl (C=O) groups excluding carboxylic acids is 1. The fourth-order valence-electron chi connectivity index (χ4n) is 3.59. The van der Waals surface area contributed by atoms with E-state index in [0.717, 1.165) is 24.1 Å². The molecule has 0 spiro atoms. The Morgan fingerprint density at radius 1 is 1.19 bits per heavy atom. The van der Waals surface area contributed by atoms with Crippen LogP contribution in [0.1, 0.15) is 30.0 Å². The topological polar surface area (TPSA) is 47.4 Å². The van der Waals surface area contributed by atoms with Gasteiger partial charge in [-0.1, -0.05) is 30.3 Å². The molecule has 5 heteroatoms. The van der Waals surface area contributed by atoms with Crippen molar-refractivity contribution >= 4 is 17.1 Å². The van der Waals surface area contributed by atoms with Crippen molar-refractivity contribution in [3.05, 3.63) is 66.0 Å². The molecule has 1 fully saturated rings. The second-order valence-corrected chi connectivity index (χ2v) is 6.91. The van der Waals surface area contributed by atoms with Gasteiger partial charge < -0.3 is 14.2 Å². The number of hydrogen-bond donors (Lipinski definition) is 0. The highest BCUT2D eigenvalue weighted by atomic mass is 16.6. The number of pyridine rings is 1. The van der Waals surface area contributed by atoms with Crippen LogP contribution in [-0.2, 0) is 11.3 Å². The van der Waals surface area contributed by atoms with Gasteiger partial charge in [0.15, 0.2) is 0 Å². The summed E-state index contributed by atoms with van der Waals surface area (Å²) in [6, 6.07) is 14.4. The third kappa shape index (κ3) is 3.43. The number of nitrogens with zero attached hydrogens (tertiary/aromatic N) is 3. The number of carbonyl (C=O) groups is 1. The van der Waals surface area contributed by atoms with Gasteiger partial charge in [0, 0.05) is 36.9 Å². The lowest BCUT2D eigenvalue weighted by Gasteiger charge is -2.32. The van der Waals surface area contributed by atoms with Crippen LogP contribution in [0.5, 0.6) is 0 Å². The summed E-state index contributed by atoms with van der Waals surface area (Å²) < 4.78 is 7.70. The number of aromatic nitrogens is 2. The Bertz CT molecular complexity index is 896. The highest BCUT2D eigenvalue weighted by molar-refractivity contribution is 5.76. The molecule has 26 heavy (non-hydrogen) atoms. The standard InChI is InChI=1S/C21H23N3O2/c1-16-13-18-7-12-24(20(18)22-14-16)19-8-10-23(11-9-19)21(25)26-15-17-5-3-2-4-6-17/h2-7,12-14,19H,8-11,15H2,1H3. The number of likely N-dealkylation sites (tertiary alicyclic amines) is 1. The van der Waals surface area contributed by atoms with Crippen LogP contribution >= 0.6 is 0 Å². The molecule has 1 aliphatic rings. The van der Waals surface area contributed by atoms with Crippen LogP contribution in [0.2, 0.25) is 0 Å². The van der Waals surface area contributed by atoms with Gasteiger partial charge in [-0.25, -0.2) is 9.78 Å². The Morgan fingerprint density at radius 3 is 2.73 bits per heavy atom. The zero-order chi connectivity index (χ0) is 17.9. The lowest BCUT2D eigenvalue weighted by Crippen LogP contribution is -2.39. The summed E-state index contributed by atoms with van der Waals surface area (Å²) in [7, 11) is 0. The molecule has 2 aromatic heterocycles. The van der Waals surface area contributed by atoms with Crippen molar-refractivity contribution in [1.82, 2.24) is 14.5 Å². The third-order valence-corrected chi connectivity index (χ3v) is 5.01. The summed E-state index contributed by atoms with van der Waals surface area (Å²) in [5.74, 6) is 0. The van der Waals surface area contributed by atoms with Gasteiger partial charge in [0.05, 0.1) is 0 Å². The number of benzene rings is 1. The van der Waals surface area contributed by atoms with E-state index in [1.807, 2.05) is 41.4 Å². The Labute approximate surface area is 153 Å². The normalized spacial score (nSPS) is 15.3. The average molecular weight is 349 g/mol. The molecule has 0 aliphatic carbocycles. The maximum Gasteiger partial charge on any atom is 0.410 e. The minimum atomic E-state index is -0.224. The van der Waals surface area contributed by atoms with E-state index in [-0.39, 0.29) is 6.09 Å². The molecule has 1 aliphatic heterocycles. The molecule has 3 heterocycles. The second kappa shape index (κ2) is 7.20. The summed E-state index contributed by atoms with van der Waals surface area (Å²) in [6.45, 7) is 3.81. The first-order chi connectivity index (χ1) is 12.7. The zero-order valence-electron chi connectivity index (χ0n) is 15.0. The van der Waals surface area contributed by atoms with Crippen molar-refractivity contribution in [1.29, 1.82) is 0 Å². The van der Waals surface area contributed by atoms with Crippen molar-refractivity contribution in [3.8, 4) is 0 Å². The van der Waals surface area contributed by atoms with Crippen LogP contribution in [-0.4, -0.2) is 33.6 Å². The van der Waals surface area contributed by atoms with Gasteiger partial charge in [0.2, 0.25) is 0 Å². The monoisotopic (exact) mass is 349 g/mol. The minimum absolute atomic E-state index is 0.224. The number of amides is 1. The van der Waals surface area contributed by atoms with Crippen molar-refractivity contribution in [2.75, 3.05) is 13.1 Å². The Kier molecular flexibility index (Phi) is 4.61. The van der Waals surface area contributed by atoms with E-state index in [4.69, 9.17) is 4.74 Å². The number of fused-ring (bicyclic) bond motifs is 1. The van der Waals surface area contributed by atoms with Crippen LogP contribution in [0, 0.1) is 6.92 Å². The number of hydrogen-bond acceptors (Lipinski definition) is 3. The van der Waals surface area contributed by atoms with E-state index >= 15 is 0 Å². The SMILES string of the molecule is Cc1cnc2c(ccn2C2CCN(C(=O)OCc3ccccc3)CC2)c1. The molecule has 0 bridgehead atoms. The van der Waals surface area contributed by atoms with E-state index in [2.05, 4.69) is 34.8 Å². The van der Waals surface area contributed by atoms with E-state index < -0.39 is 0 Å². The average Bonchev–Trinajstić information content (AvgIpc) is 3.10. The maximum atomic E-state index is 12.3. The second-order valence-electron chi connectivity index (χ2n) is 6.91. The smallest absolute Gasteiger partial charge is 0.410 e. The molecule has 0 unspecified atom stereocenters. The zero-order valence-corrected chi connectivity index (χ0v) is 15.0. The van der Waals surface area contributed by atoms with Gasteiger partial charge in [-0.2, -0.15) is 0 Å². The highest BCUT2D eigenvalue weighted by Crippen LogP contribution is 2.27. The van der Waals surface area contributed by atoms with Crippen LogP contribution in [0.4, 0.5) is 4.79 Å². The lowest BCUT2D eigenvalue weighted by molar-refractivity contribution is 0.0834. The molecule has 1 saturated heterocycles. The molecular weight excluding hydrogens is 326 g/mol. The van der Waals surface area contributed by atoms with E-state index in [9.17, 15) is 4.79 Å². The largest absolute Gasteiger partial charge is 0.445 e. The predicted octanol–water partition coefficient (Wildman–Crippen LogP) is 4.32. The summed E-state index contributed by atoms with van der Waals surface area (Å²) in [6.07, 6.45) is 5.64. The quantitative estimate of drug-likeness (QED) is 0.707. The van der Waals surface area contributed by atoms with Gasteiger partial charge in [0.25, 0.3) is 0 Å². The van der Waals surface area contributed by atoms with Crippen molar-refractivity contribution in [2.45, 2.75) is 32.4 Å². The lowest BCUT2D eigenvalue weighted by atomic mass is 10.1. The number of aryl methyl sites for hydroxylation is 1. The molecule has 0 radical (unpaired) electrons. The summed E-state index contributed by atoms with van der Waals surface area (Å²) in [4.78, 5) is 18.7. The van der Waals surface area contributed by atoms with Crippen molar-refractivity contribution in [2.24, 2.45) is 0 Å². The van der Waals surface area contributed by atoms with Gasteiger partial charge in [-0.3, -0.25) is 0 Å².